The maximum Gasteiger partial charge on any atom is 0.270 e. The molecule has 1 aliphatic heterocycles. The minimum Gasteiger partial charge on any atom is -0.476 e. The number of hydrogen-bond acceptors (Lipinski definition) is 3. The standard InChI is InChI=1S/C19H30N2O2/c1-6-11-21-15-12-14(17(20)13(7-2)8-3)9-10-16(15)23-19(4,5)18(21)22/h9-10,12-13,17H,6-8,11,20H2,1-5H3. The number of carbonyl (C=O) groups is 1. The van der Waals surface area contributed by atoms with Gasteiger partial charge in [-0.3, -0.25) is 4.79 Å². The van der Waals surface area contributed by atoms with E-state index in [1.807, 2.05) is 36.9 Å². The Hall–Kier alpha value is -1.55. The van der Waals surface area contributed by atoms with Gasteiger partial charge in [-0.05, 0) is 43.9 Å². The van der Waals surface area contributed by atoms with Gasteiger partial charge < -0.3 is 15.4 Å². The fourth-order valence-electron chi connectivity index (χ4n) is 3.31. The summed E-state index contributed by atoms with van der Waals surface area (Å²) in [5.74, 6) is 1.23. The molecule has 1 aliphatic rings. The van der Waals surface area contributed by atoms with E-state index in [0.717, 1.165) is 36.3 Å². The summed E-state index contributed by atoms with van der Waals surface area (Å²) >= 11 is 0. The highest BCUT2D eigenvalue weighted by Gasteiger charge is 2.40. The van der Waals surface area contributed by atoms with Crippen molar-refractivity contribution in [3.05, 3.63) is 23.8 Å². The molecule has 2 rings (SSSR count). The quantitative estimate of drug-likeness (QED) is 0.861. The molecule has 0 fully saturated rings. The lowest BCUT2D eigenvalue weighted by atomic mass is 9.89. The molecule has 1 atom stereocenters. The first-order valence-corrected chi connectivity index (χ1v) is 8.76. The summed E-state index contributed by atoms with van der Waals surface area (Å²) in [5, 5.41) is 0. The Kier molecular flexibility index (Phi) is 5.35. The topological polar surface area (TPSA) is 55.6 Å². The molecule has 1 aromatic rings. The first-order chi connectivity index (χ1) is 10.9. The highest BCUT2D eigenvalue weighted by Crippen LogP contribution is 2.40. The average Bonchev–Trinajstić information content (AvgIpc) is 2.52. The summed E-state index contributed by atoms with van der Waals surface area (Å²) in [6, 6.07) is 6.03. The van der Waals surface area contributed by atoms with Gasteiger partial charge in [0, 0.05) is 12.6 Å². The van der Waals surface area contributed by atoms with E-state index in [-0.39, 0.29) is 11.9 Å². The molecule has 1 aromatic carbocycles. The fourth-order valence-corrected chi connectivity index (χ4v) is 3.31. The number of nitrogens with two attached hydrogens (primary N) is 1. The Morgan fingerprint density at radius 3 is 2.43 bits per heavy atom. The van der Waals surface area contributed by atoms with Crippen LogP contribution >= 0.6 is 0 Å². The van der Waals surface area contributed by atoms with Crippen LogP contribution in [0.5, 0.6) is 5.75 Å². The fraction of sp³-hybridized carbons (Fsp3) is 0.632. The van der Waals surface area contributed by atoms with Gasteiger partial charge in [0.1, 0.15) is 5.75 Å². The second-order valence-corrected chi connectivity index (χ2v) is 6.90. The second-order valence-electron chi connectivity index (χ2n) is 6.90. The summed E-state index contributed by atoms with van der Waals surface area (Å²) < 4.78 is 5.92. The third kappa shape index (κ3) is 3.37. The molecule has 0 aliphatic carbocycles. The molecule has 0 saturated heterocycles. The van der Waals surface area contributed by atoms with Crippen molar-refractivity contribution < 1.29 is 9.53 Å². The van der Waals surface area contributed by atoms with E-state index < -0.39 is 5.60 Å². The lowest BCUT2D eigenvalue weighted by Crippen LogP contribution is -2.52. The first-order valence-electron chi connectivity index (χ1n) is 8.76. The summed E-state index contributed by atoms with van der Waals surface area (Å²) in [6.45, 7) is 10.8. The molecule has 0 spiro atoms. The number of carbonyl (C=O) groups excluding carboxylic acids is 1. The Morgan fingerprint density at radius 2 is 1.87 bits per heavy atom. The van der Waals surface area contributed by atoms with Crippen LogP contribution in [0.4, 0.5) is 5.69 Å². The Labute approximate surface area is 140 Å². The van der Waals surface area contributed by atoms with Crippen molar-refractivity contribution in [1.29, 1.82) is 0 Å². The number of rotatable bonds is 6. The number of hydrogen-bond donors (Lipinski definition) is 1. The van der Waals surface area contributed by atoms with E-state index in [1.165, 1.54) is 0 Å². The number of nitrogens with zero attached hydrogens (tertiary/aromatic N) is 1. The van der Waals surface area contributed by atoms with Crippen molar-refractivity contribution in [3.63, 3.8) is 0 Å². The number of benzene rings is 1. The largest absolute Gasteiger partial charge is 0.476 e. The molecule has 0 bridgehead atoms. The van der Waals surface area contributed by atoms with Crippen molar-refractivity contribution in [2.24, 2.45) is 11.7 Å². The molecule has 1 heterocycles. The van der Waals surface area contributed by atoms with Crippen molar-refractivity contribution in [2.75, 3.05) is 11.4 Å². The highest BCUT2D eigenvalue weighted by atomic mass is 16.5. The van der Waals surface area contributed by atoms with Crippen LogP contribution in [0.2, 0.25) is 0 Å². The number of ether oxygens (including phenoxy) is 1. The van der Waals surface area contributed by atoms with Gasteiger partial charge in [-0.15, -0.1) is 0 Å². The molecule has 128 valence electrons. The van der Waals surface area contributed by atoms with Gasteiger partial charge in [-0.2, -0.15) is 0 Å². The smallest absolute Gasteiger partial charge is 0.270 e. The Balaban J connectivity index is 2.43. The molecule has 0 saturated carbocycles. The van der Waals surface area contributed by atoms with Gasteiger partial charge in [0.05, 0.1) is 5.69 Å². The van der Waals surface area contributed by atoms with Crippen molar-refractivity contribution >= 4 is 11.6 Å². The molecule has 23 heavy (non-hydrogen) atoms. The van der Waals surface area contributed by atoms with Crippen LogP contribution in [0.25, 0.3) is 0 Å². The molecular formula is C19H30N2O2. The zero-order chi connectivity index (χ0) is 17.2. The molecule has 4 nitrogen and oxygen atoms in total. The van der Waals surface area contributed by atoms with E-state index in [2.05, 4.69) is 20.8 Å². The van der Waals surface area contributed by atoms with Gasteiger partial charge in [-0.1, -0.05) is 39.7 Å². The van der Waals surface area contributed by atoms with Gasteiger partial charge in [-0.25, -0.2) is 0 Å². The van der Waals surface area contributed by atoms with Gasteiger partial charge in [0.25, 0.3) is 5.91 Å². The van der Waals surface area contributed by atoms with Crippen LogP contribution in [0.1, 0.15) is 65.5 Å². The van der Waals surface area contributed by atoms with E-state index in [9.17, 15) is 4.79 Å². The van der Waals surface area contributed by atoms with E-state index in [4.69, 9.17) is 10.5 Å². The molecule has 0 aromatic heterocycles. The van der Waals surface area contributed by atoms with Crippen LogP contribution in [0, 0.1) is 5.92 Å². The third-order valence-corrected chi connectivity index (χ3v) is 4.79. The maximum atomic E-state index is 12.7. The van der Waals surface area contributed by atoms with Crippen LogP contribution in [-0.4, -0.2) is 18.1 Å². The Bertz CT molecular complexity index is 564. The monoisotopic (exact) mass is 318 g/mol. The first kappa shape index (κ1) is 17.8. The summed E-state index contributed by atoms with van der Waals surface area (Å²) in [4.78, 5) is 14.5. The zero-order valence-corrected chi connectivity index (χ0v) is 15.1. The molecule has 2 N–H and O–H groups in total. The van der Waals surface area contributed by atoms with Crippen LogP contribution in [-0.2, 0) is 4.79 Å². The number of amides is 1. The van der Waals surface area contributed by atoms with Gasteiger partial charge in [0.2, 0.25) is 0 Å². The predicted molar refractivity (Wildman–Crippen MR) is 94.8 cm³/mol. The average molecular weight is 318 g/mol. The van der Waals surface area contributed by atoms with E-state index >= 15 is 0 Å². The zero-order valence-electron chi connectivity index (χ0n) is 15.1. The third-order valence-electron chi connectivity index (χ3n) is 4.79. The number of anilines is 1. The minimum atomic E-state index is -0.818. The number of fused-ring (bicyclic) bond motifs is 1. The van der Waals surface area contributed by atoms with Crippen molar-refractivity contribution in [1.82, 2.24) is 0 Å². The van der Waals surface area contributed by atoms with Crippen LogP contribution < -0.4 is 15.4 Å². The lowest BCUT2D eigenvalue weighted by Gasteiger charge is -2.39. The SMILES string of the molecule is CCCN1C(=O)C(C)(C)Oc2ccc(C(N)C(CC)CC)cc21. The maximum absolute atomic E-state index is 12.7. The van der Waals surface area contributed by atoms with Crippen LogP contribution in [0.15, 0.2) is 18.2 Å². The van der Waals surface area contributed by atoms with E-state index in [1.54, 1.807) is 0 Å². The molecule has 1 unspecified atom stereocenters. The minimum absolute atomic E-state index is 0.0104. The van der Waals surface area contributed by atoms with Gasteiger partial charge in [0.15, 0.2) is 5.60 Å². The lowest BCUT2D eigenvalue weighted by molar-refractivity contribution is -0.132. The summed E-state index contributed by atoms with van der Waals surface area (Å²) in [7, 11) is 0. The van der Waals surface area contributed by atoms with Gasteiger partial charge >= 0.3 is 0 Å². The van der Waals surface area contributed by atoms with Crippen LogP contribution in [0.3, 0.4) is 0 Å². The van der Waals surface area contributed by atoms with Crippen molar-refractivity contribution in [3.8, 4) is 5.75 Å². The Morgan fingerprint density at radius 1 is 1.22 bits per heavy atom. The summed E-state index contributed by atoms with van der Waals surface area (Å²) in [5.41, 5.74) is 7.57. The van der Waals surface area contributed by atoms with E-state index in [0.29, 0.717) is 12.5 Å². The molecule has 4 heteroatoms. The predicted octanol–water partition coefficient (Wildman–Crippen LogP) is 4.04. The highest BCUT2D eigenvalue weighted by molar-refractivity contribution is 6.02. The molecular weight excluding hydrogens is 288 g/mol. The van der Waals surface area contributed by atoms with Crippen molar-refractivity contribution in [2.45, 2.75) is 65.5 Å². The summed E-state index contributed by atoms with van der Waals surface area (Å²) in [6.07, 6.45) is 3.01. The normalized spacial score (nSPS) is 17.9. The second kappa shape index (κ2) is 6.91. The molecule has 1 amide bonds. The molecule has 0 radical (unpaired) electrons.